The Labute approximate surface area is 96.4 Å². The molecule has 0 saturated heterocycles. The summed E-state index contributed by atoms with van der Waals surface area (Å²) < 4.78 is 10.5. The molecule has 3 nitrogen and oxygen atoms in total. The van der Waals surface area contributed by atoms with Gasteiger partial charge in [0.05, 0.1) is 12.5 Å². The average Bonchev–Trinajstić information content (AvgIpc) is 2.31. The van der Waals surface area contributed by atoms with E-state index in [9.17, 15) is 4.79 Å². The molecule has 0 aromatic heterocycles. The molecule has 0 spiro atoms. The molecule has 0 saturated carbocycles. The van der Waals surface area contributed by atoms with Crippen molar-refractivity contribution in [2.45, 2.75) is 20.3 Å². The van der Waals surface area contributed by atoms with Crippen molar-refractivity contribution in [2.24, 2.45) is 5.92 Å². The van der Waals surface area contributed by atoms with Gasteiger partial charge in [-0.3, -0.25) is 4.79 Å². The van der Waals surface area contributed by atoms with Crippen LogP contribution in [0, 0.1) is 5.92 Å². The highest BCUT2D eigenvalue weighted by atomic mass is 16.5. The number of rotatable bonds is 6. The SMILES string of the molecule is CCOC(=O)C(CC)COc1ccccc1. The number of carbonyl (C=O) groups excluding carboxylic acids is 1. The molecule has 1 unspecified atom stereocenters. The lowest BCUT2D eigenvalue weighted by molar-refractivity contribution is -0.149. The predicted molar refractivity (Wildman–Crippen MR) is 62.4 cm³/mol. The lowest BCUT2D eigenvalue weighted by atomic mass is 10.1. The van der Waals surface area contributed by atoms with Gasteiger partial charge >= 0.3 is 5.97 Å². The van der Waals surface area contributed by atoms with Gasteiger partial charge < -0.3 is 9.47 Å². The number of esters is 1. The molecule has 0 aliphatic rings. The van der Waals surface area contributed by atoms with Gasteiger partial charge in [-0.1, -0.05) is 25.1 Å². The molecule has 0 amide bonds. The first-order valence-corrected chi connectivity index (χ1v) is 5.62. The Morgan fingerprint density at radius 3 is 2.50 bits per heavy atom. The maximum absolute atomic E-state index is 11.5. The van der Waals surface area contributed by atoms with Crippen LogP contribution in [0.25, 0.3) is 0 Å². The Kier molecular flexibility index (Phi) is 5.40. The maximum Gasteiger partial charge on any atom is 0.312 e. The molecular weight excluding hydrogens is 204 g/mol. The monoisotopic (exact) mass is 222 g/mol. The number of para-hydroxylation sites is 1. The Hall–Kier alpha value is -1.51. The Morgan fingerprint density at radius 2 is 1.94 bits per heavy atom. The summed E-state index contributed by atoms with van der Waals surface area (Å²) in [4.78, 5) is 11.5. The lowest BCUT2D eigenvalue weighted by Gasteiger charge is -2.14. The van der Waals surface area contributed by atoms with Crippen LogP contribution in [0.4, 0.5) is 0 Å². The second-order valence-corrected chi connectivity index (χ2v) is 3.48. The predicted octanol–water partition coefficient (Wildman–Crippen LogP) is 2.65. The van der Waals surface area contributed by atoms with Crippen LogP contribution in [0.2, 0.25) is 0 Å². The summed E-state index contributed by atoms with van der Waals surface area (Å²) in [6.45, 7) is 4.55. The second-order valence-electron chi connectivity index (χ2n) is 3.48. The minimum absolute atomic E-state index is 0.180. The molecule has 0 fully saturated rings. The number of ether oxygens (including phenoxy) is 2. The van der Waals surface area contributed by atoms with Crippen LogP contribution < -0.4 is 4.74 Å². The van der Waals surface area contributed by atoms with Gasteiger partial charge in [0.2, 0.25) is 0 Å². The fourth-order valence-corrected chi connectivity index (χ4v) is 1.33. The molecule has 1 aromatic carbocycles. The first kappa shape index (κ1) is 12.6. The van der Waals surface area contributed by atoms with Crippen LogP contribution in [0.5, 0.6) is 5.75 Å². The first-order valence-electron chi connectivity index (χ1n) is 5.62. The molecule has 0 aliphatic heterocycles. The number of hydrogen-bond donors (Lipinski definition) is 0. The van der Waals surface area contributed by atoms with E-state index in [-0.39, 0.29) is 11.9 Å². The zero-order valence-electron chi connectivity index (χ0n) is 9.81. The summed E-state index contributed by atoms with van der Waals surface area (Å²) in [6.07, 6.45) is 0.728. The van der Waals surface area contributed by atoms with Crippen molar-refractivity contribution < 1.29 is 14.3 Å². The van der Waals surface area contributed by atoms with Crippen LogP contribution in [0.15, 0.2) is 30.3 Å². The highest BCUT2D eigenvalue weighted by Crippen LogP contribution is 2.12. The lowest BCUT2D eigenvalue weighted by Crippen LogP contribution is -2.23. The van der Waals surface area contributed by atoms with E-state index in [1.807, 2.05) is 44.2 Å². The molecule has 3 heteroatoms. The third kappa shape index (κ3) is 3.93. The van der Waals surface area contributed by atoms with Gasteiger partial charge in [-0.05, 0) is 25.5 Å². The summed E-state index contributed by atoms with van der Waals surface area (Å²) in [7, 11) is 0. The molecule has 16 heavy (non-hydrogen) atoms. The van der Waals surface area contributed by atoms with Crippen LogP contribution in [-0.2, 0) is 9.53 Å². The topological polar surface area (TPSA) is 35.5 Å². The van der Waals surface area contributed by atoms with Crippen molar-refractivity contribution in [1.29, 1.82) is 0 Å². The highest BCUT2D eigenvalue weighted by Gasteiger charge is 2.18. The van der Waals surface area contributed by atoms with Crippen LogP contribution in [0.1, 0.15) is 20.3 Å². The normalized spacial score (nSPS) is 11.9. The van der Waals surface area contributed by atoms with Gasteiger partial charge in [-0.15, -0.1) is 0 Å². The van der Waals surface area contributed by atoms with Crippen LogP contribution in [-0.4, -0.2) is 19.2 Å². The third-order valence-electron chi connectivity index (χ3n) is 2.31. The molecule has 88 valence electrons. The second kappa shape index (κ2) is 6.88. The van der Waals surface area contributed by atoms with Gasteiger partial charge in [-0.25, -0.2) is 0 Å². The quantitative estimate of drug-likeness (QED) is 0.694. The van der Waals surface area contributed by atoms with Crippen molar-refractivity contribution in [3.63, 3.8) is 0 Å². The molecule has 0 radical (unpaired) electrons. The van der Waals surface area contributed by atoms with Gasteiger partial charge in [0.25, 0.3) is 0 Å². The molecule has 1 rings (SSSR count). The number of benzene rings is 1. The fourth-order valence-electron chi connectivity index (χ4n) is 1.33. The average molecular weight is 222 g/mol. The zero-order chi connectivity index (χ0) is 11.8. The van der Waals surface area contributed by atoms with Crippen molar-refractivity contribution in [1.82, 2.24) is 0 Å². The van der Waals surface area contributed by atoms with E-state index in [2.05, 4.69) is 0 Å². The van der Waals surface area contributed by atoms with E-state index in [0.29, 0.717) is 13.2 Å². The van der Waals surface area contributed by atoms with Crippen molar-refractivity contribution in [3.8, 4) is 5.75 Å². The number of carbonyl (C=O) groups is 1. The zero-order valence-corrected chi connectivity index (χ0v) is 9.81. The maximum atomic E-state index is 11.5. The molecule has 0 aliphatic carbocycles. The molecule has 1 aromatic rings. The minimum Gasteiger partial charge on any atom is -0.493 e. The van der Waals surface area contributed by atoms with E-state index >= 15 is 0 Å². The largest absolute Gasteiger partial charge is 0.493 e. The standard InChI is InChI=1S/C13H18O3/c1-3-11(13(14)15-4-2)10-16-12-8-6-5-7-9-12/h5-9,11H,3-4,10H2,1-2H3. The van der Waals surface area contributed by atoms with Crippen molar-refractivity contribution in [2.75, 3.05) is 13.2 Å². The van der Waals surface area contributed by atoms with E-state index in [4.69, 9.17) is 9.47 Å². The molecule has 0 N–H and O–H groups in total. The molecular formula is C13H18O3. The summed E-state index contributed by atoms with van der Waals surface area (Å²) in [5.41, 5.74) is 0. The summed E-state index contributed by atoms with van der Waals surface area (Å²) in [6, 6.07) is 9.48. The number of hydrogen-bond acceptors (Lipinski definition) is 3. The Morgan fingerprint density at radius 1 is 1.25 bits per heavy atom. The van der Waals surface area contributed by atoms with Crippen molar-refractivity contribution in [3.05, 3.63) is 30.3 Å². The van der Waals surface area contributed by atoms with Crippen LogP contribution >= 0.6 is 0 Å². The summed E-state index contributed by atoms with van der Waals surface area (Å²) in [5.74, 6) is 0.423. The molecule has 1 atom stereocenters. The summed E-state index contributed by atoms with van der Waals surface area (Å²) >= 11 is 0. The van der Waals surface area contributed by atoms with Gasteiger partial charge in [0.15, 0.2) is 0 Å². The molecule has 0 heterocycles. The fraction of sp³-hybridized carbons (Fsp3) is 0.462. The Bertz CT molecular complexity index is 308. The minimum atomic E-state index is -0.180. The van der Waals surface area contributed by atoms with Crippen molar-refractivity contribution >= 4 is 5.97 Å². The van der Waals surface area contributed by atoms with E-state index in [1.54, 1.807) is 0 Å². The van der Waals surface area contributed by atoms with Gasteiger partial charge in [0, 0.05) is 0 Å². The van der Waals surface area contributed by atoms with E-state index in [0.717, 1.165) is 12.2 Å². The third-order valence-corrected chi connectivity index (χ3v) is 2.31. The highest BCUT2D eigenvalue weighted by molar-refractivity contribution is 5.72. The van der Waals surface area contributed by atoms with Gasteiger partial charge in [0.1, 0.15) is 12.4 Å². The van der Waals surface area contributed by atoms with E-state index in [1.165, 1.54) is 0 Å². The summed E-state index contributed by atoms with van der Waals surface area (Å²) in [5, 5.41) is 0. The van der Waals surface area contributed by atoms with Crippen LogP contribution in [0.3, 0.4) is 0 Å². The van der Waals surface area contributed by atoms with Gasteiger partial charge in [-0.2, -0.15) is 0 Å². The first-order chi connectivity index (χ1) is 7.77. The smallest absolute Gasteiger partial charge is 0.312 e. The molecule has 0 bridgehead atoms. The van der Waals surface area contributed by atoms with E-state index < -0.39 is 0 Å². The Balaban J connectivity index is 2.43.